The average molecular weight is 319 g/mol. The lowest BCUT2D eigenvalue weighted by atomic mass is 10.2. The van der Waals surface area contributed by atoms with Crippen LogP contribution in [-0.2, 0) is 14.8 Å². The van der Waals surface area contributed by atoms with Gasteiger partial charge in [-0.05, 0) is 12.8 Å². The van der Waals surface area contributed by atoms with Gasteiger partial charge in [0.2, 0.25) is 15.9 Å². The number of carbonyl (C=O) groups excluding carboxylic acids is 1. The molecule has 9 heteroatoms. The van der Waals surface area contributed by atoms with Crippen molar-refractivity contribution in [3.63, 3.8) is 0 Å². The highest BCUT2D eigenvalue weighted by atomic mass is 32.2. The number of nitrogens with one attached hydrogen (secondary N) is 2. The molecule has 0 aromatic heterocycles. The van der Waals surface area contributed by atoms with Gasteiger partial charge in [-0.3, -0.25) is 9.79 Å². The molecule has 0 unspecified atom stereocenters. The molecule has 1 amide bonds. The quantitative estimate of drug-likeness (QED) is 0.483. The van der Waals surface area contributed by atoms with Crippen LogP contribution in [0.3, 0.4) is 0 Å². The van der Waals surface area contributed by atoms with Crippen LogP contribution in [0.15, 0.2) is 4.99 Å². The van der Waals surface area contributed by atoms with Crippen LogP contribution in [0.5, 0.6) is 0 Å². The fraction of sp³-hybridized carbons (Fsp3) is 0.833. The number of hydrogen-bond acceptors (Lipinski definition) is 4. The first-order valence-corrected chi connectivity index (χ1v) is 8.72. The molecule has 0 aromatic rings. The van der Waals surface area contributed by atoms with E-state index in [0.29, 0.717) is 19.0 Å². The highest BCUT2D eigenvalue weighted by molar-refractivity contribution is 7.88. The number of hydrogen-bond donors (Lipinski definition) is 2. The van der Waals surface area contributed by atoms with E-state index in [1.807, 2.05) is 0 Å². The van der Waals surface area contributed by atoms with Gasteiger partial charge in [0.25, 0.3) is 0 Å². The molecule has 1 fully saturated rings. The summed E-state index contributed by atoms with van der Waals surface area (Å²) < 4.78 is 24.8. The largest absolute Gasteiger partial charge is 0.355 e. The molecule has 0 radical (unpaired) electrons. The van der Waals surface area contributed by atoms with E-state index < -0.39 is 10.0 Å². The SMILES string of the molecule is CN=C(NCC(=O)N(C)C)NC[C@H]1CCCN1S(C)(=O)=O. The van der Waals surface area contributed by atoms with E-state index in [9.17, 15) is 13.2 Å². The number of amides is 1. The maximum atomic E-state index is 11.7. The van der Waals surface area contributed by atoms with Crippen molar-refractivity contribution < 1.29 is 13.2 Å². The normalized spacial score (nSPS) is 20.4. The Labute approximate surface area is 126 Å². The van der Waals surface area contributed by atoms with E-state index in [2.05, 4.69) is 15.6 Å². The predicted molar refractivity (Wildman–Crippen MR) is 82.6 cm³/mol. The van der Waals surface area contributed by atoms with Crippen molar-refractivity contribution in [2.45, 2.75) is 18.9 Å². The minimum atomic E-state index is -3.17. The monoisotopic (exact) mass is 319 g/mol. The molecule has 0 spiro atoms. The molecule has 8 nitrogen and oxygen atoms in total. The summed E-state index contributed by atoms with van der Waals surface area (Å²) in [5, 5.41) is 5.98. The third kappa shape index (κ3) is 5.50. The average Bonchev–Trinajstić information content (AvgIpc) is 2.86. The lowest BCUT2D eigenvalue weighted by molar-refractivity contribution is -0.127. The van der Waals surface area contributed by atoms with Gasteiger partial charge in [-0.25, -0.2) is 8.42 Å². The third-order valence-corrected chi connectivity index (χ3v) is 4.72. The Kier molecular flexibility index (Phi) is 6.41. The summed E-state index contributed by atoms with van der Waals surface area (Å²) in [5.41, 5.74) is 0. The van der Waals surface area contributed by atoms with E-state index in [1.54, 1.807) is 21.1 Å². The van der Waals surface area contributed by atoms with E-state index in [1.165, 1.54) is 15.5 Å². The zero-order chi connectivity index (χ0) is 16.0. The molecule has 1 heterocycles. The van der Waals surface area contributed by atoms with Gasteiger partial charge in [-0.2, -0.15) is 4.31 Å². The summed E-state index contributed by atoms with van der Waals surface area (Å²) >= 11 is 0. The van der Waals surface area contributed by atoms with E-state index >= 15 is 0 Å². The standard InChI is InChI=1S/C12H25N5O3S/c1-13-12(15-9-11(18)16(2)3)14-8-10-6-5-7-17(10)21(4,19)20/h10H,5-9H2,1-4H3,(H2,13,14,15)/t10-/m1/s1. The van der Waals surface area contributed by atoms with Crippen LogP contribution in [0.4, 0.5) is 0 Å². The summed E-state index contributed by atoms with van der Waals surface area (Å²) in [4.78, 5) is 17.0. The second-order valence-corrected chi connectivity index (χ2v) is 7.20. The summed E-state index contributed by atoms with van der Waals surface area (Å²) in [7, 11) is 1.81. The Bertz CT molecular complexity index is 489. The zero-order valence-corrected chi connectivity index (χ0v) is 13.9. The van der Waals surface area contributed by atoms with Crippen molar-refractivity contribution in [1.29, 1.82) is 0 Å². The maximum absolute atomic E-state index is 11.7. The number of carbonyl (C=O) groups is 1. The summed E-state index contributed by atoms with van der Waals surface area (Å²) in [6.07, 6.45) is 2.92. The van der Waals surface area contributed by atoms with Gasteiger partial charge >= 0.3 is 0 Å². The molecular formula is C12H25N5O3S. The minimum Gasteiger partial charge on any atom is -0.355 e. The summed E-state index contributed by atoms with van der Waals surface area (Å²) in [6.45, 7) is 1.19. The van der Waals surface area contributed by atoms with Crippen LogP contribution >= 0.6 is 0 Å². The summed E-state index contributed by atoms with van der Waals surface area (Å²) in [5.74, 6) is 0.433. The fourth-order valence-corrected chi connectivity index (χ4v) is 3.38. The van der Waals surface area contributed by atoms with Crippen LogP contribution in [0.1, 0.15) is 12.8 Å². The molecule has 21 heavy (non-hydrogen) atoms. The molecule has 1 aliphatic rings. The third-order valence-electron chi connectivity index (χ3n) is 3.38. The van der Waals surface area contributed by atoms with Crippen molar-refractivity contribution in [3.8, 4) is 0 Å². The maximum Gasteiger partial charge on any atom is 0.241 e. The van der Waals surface area contributed by atoms with Crippen LogP contribution in [0, 0.1) is 0 Å². The molecule has 2 N–H and O–H groups in total. The van der Waals surface area contributed by atoms with E-state index in [0.717, 1.165) is 12.8 Å². The van der Waals surface area contributed by atoms with Crippen molar-refractivity contribution in [3.05, 3.63) is 0 Å². The number of likely N-dealkylation sites (N-methyl/N-ethyl adjacent to an activating group) is 1. The van der Waals surface area contributed by atoms with Gasteiger partial charge in [0, 0.05) is 40.3 Å². The summed E-state index contributed by atoms with van der Waals surface area (Å²) in [6, 6.07) is -0.0666. The topological polar surface area (TPSA) is 94.1 Å². The smallest absolute Gasteiger partial charge is 0.241 e. The molecule has 1 aliphatic heterocycles. The first-order valence-electron chi connectivity index (χ1n) is 6.87. The van der Waals surface area contributed by atoms with Gasteiger partial charge in [0.05, 0.1) is 12.8 Å². The van der Waals surface area contributed by atoms with Gasteiger partial charge in [0.15, 0.2) is 5.96 Å². The first kappa shape index (κ1) is 17.7. The number of nitrogens with zero attached hydrogens (tertiary/aromatic N) is 3. The van der Waals surface area contributed by atoms with Crippen LogP contribution < -0.4 is 10.6 Å². The van der Waals surface area contributed by atoms with Crippen molar-refractivity contribution in [2.24, 2.45) is 4.99 Å². The first-order chi connectivity index (χ1) is 9.75. The highest BCUT2D eigenvalue weighted by Gasteiger charge is 2.31. The second kappa shape index (κ2) is 7.60. The molecule has 1 rings (SSSR count). The van der Waals surface area contributed by atoms with Crippen LogP contribution in [-0.4, -0.2) is 82.6 Å². The fourth-order valence-electron chi connectivity index (χ4n) is 2.20. The van der Waals surface area contributed by atoms with Gasteiger partial charge < -0.3 is 15.5 Å². The molecule has 0 saturated carbocycles. The molecule has 1 atom stereocenters. The van der Waals surface area contributed by atoms with Gasteiger partial charge in [0.1, 0.15) is 0 Å². The van der Waals surface area contributed by atoms with E-state index in [4.69, 9.17) is 0 Å². The van der Waals surface area contributed by atoms with Crippen LogP contribution in [0.25, 0.3) is 0 Å². The van der Waals surface area contributed by atoms with Gasteiger partial charge in [-0.15, -0.1) is 0 Å². The lowest BCUT2D eigenvalue weighted by Gasteiger charge is -2.23. The number of guanidine groups is 1. The number of rotatable bonds is 5. The Hall–Kier alpha value is -1.35. The molecule has 1 saturated heterocycles. The molecule has 0 aliphatic carbocycles. The van der Waals surface area contributed by atoms with Crippen molar-refractivity contribution >= 4 is 21.9 Å². The van der Waals surface area contributed by atoms with E-state index in [-0.39, 0.29) is 18.5 Å². The number of sulfonamides is 1. The number of aliphatic imine (C=N–C) groups is 1. The lowest BCUT2D eigenvalue weighted by Crippen LogP contribution is -2.48. The Morgan fingerprint density at radius 3 is 2.57 bits per heavy atom. The molecule has 0 aromatic carbocycles. The Morgan fingerprint density at radius 1 is 1.38 bits per heavy atom. The van der Waals surface area contributed by atoms with Crippen LogP contribution in [0.2, 0.25) is 0 Å². The molecular weight excluding hydrogens is 294 g/mol. The molecule has 122 valence electrons. The Morgan fingerprint density at radius 2 is 2.05 bits per heavy atom. The Balaban J connectivity index is 2.47. The zero-order valence-electron chi connectivity index (χ0n) is 13.1. The second-order valence-electron chi connectivity index (χ2n) is 5.26. The minimum absolute atomic E-state index is 0.0587. The van der Waals surface area contributed by atoms with Gasteiger partial charge in [-0.1, -0.05) is 0 Å². The van der Waals surface area contributed by atoms with Crippen molar-refractivity contribution in [1.82, 2.24) is 19.8 Å². The molecule has 0 bridgehead atoms. The van der Waals surface area contributed by atoms with Crippen molar-refractivity contribution in [2.75, 3.05) is 47.0 Å². The highest BCUT2D eigenvalue weighted by Crippen LogP contribution is 2.19. The predicted octanol–water partition coefficient (Wildman–Crippen LogP) is -1.34.